The predicted octanol–water partition coefficient (Wildman–Crippen LogP) is 0.171. The number of carbonyl (C=O) groups is 1. The first-order valence-corrected chi connectivity index (χ1v) is 6.26. The zero-order valence-corrected chi connectivity index (χ0v) is 10.2. The van der Waals surface area contributed by atoms with E-state index < -0.39 is 0 Å². The maximum Gasteiger partial charge on any atom is 0.251 e. The van der Waals surface area contributed by atoms with E-state index in [9.17, 15) is 4.79 Å². The highest BCUT2D eigenvalue weighted by Gasteiger charge is 2.17. The molecule has 0 aromatic heterocycles. The van der Waals surface area contributed by atoms with Crippen LogP contribution in [0, 0.1) is 5.92 Å². The highest BCUT2D eigenvalue weighted by molar-refractivity contribution is 5.94. The van der Waals surface area contributed by atoms with Gasteiger partial charge < -0.3 is 10.1 Å². The molecule has 18 heavy (non-hydrogen) atoms. The molecule has 0 radical (unpaired) electrons. The third kappa shape index (κ3) is 2.38. The summed E-state index contributed by atoms with van der Waals surface area (Å²) in [6, 6.07) is 5.78. The van der Waals surface area contributed by atoms with Crippen LogP contribution in [0.15, 0.2) is 18.2 Å². The quantitative estimate of drug-likeness (QED) is 0.712. The van der Waals surface area contributed by atoms with E-state index in [4.69, 9.17) is 4.74 Å². The lowest BCUT2D eigenvalue weighted by Gasteiger charge is -2.10. The fraction of sp³-hybridized carbons (Fsp3) is 0.462. The van der Waals surface area contributed by atoms with Gasteiger partial charge in [0.05, 0.1) is 13.2 Å². The normalized spacial score (nSPS) is 18.9. The van der Waals surface area contributed by atoms with Gasteiger partial charge in [-0.2, -0.15) is 0 Å². The van der Waals surface area contributed by atoms with Crippen molar-refractivity contribution in [3.63, 3.8) is 0 Å². The number of benzene rings is 1. The molecule has 0 saturated carbocycles. The van der Waals surface area contributed by atoms with Gasteiger partial charge in [-0.05, 0) is 23.3 Å². The Hall–Kier alpha value is -1.43. The van der Waals surface area contributed by atoms with Crippen LogP contribution in [0.25, 0.3) is 0 Å². The van der Waals surface area contributed by atoms with Gasteiger partial charge in [-0.1, -0.05) is 6.07 Å². The third-order valence-corrected chi connectivity index (χ3v) is 3.44. The van der Waals surface area contributed by atoms with Gasteiger partial charge in [-0.25, -0.2) is 0 Å². The molecule has 5 nitrogen and oxygen atoms in total. The van der Waals surface area contributed by atoms with Gasteiger partial charge in [0.15, 0.2) is 0 Å². The standard InChI is InChI=1S/C13H17N3O2/c17-13(14-4-9-5-15-16-6-9)10-1-2-11-7-18-8-12(11)3-10/h1-3,9,15-16H,4-8H2,(H,14,17). The van der Waals surface area contributed by atoms with Gasteiger partial charge in [-0.15, -0.1) is 0 Å². The van der Waals surface area contributed by atoms with Crippen LogP contribution in [0.5, 0.6) is 0 Å². The summed E-state index contributed by atoms with van der Waals surface area (Å²) >= 11 is 0. The van der Waals surface area contributed by atoms with Gasteiger partial charge in [0, 0.05) is 31.1 Å². The molecule has 1 aromatic carbocycles. The zero-order chi connectivity index (χ0) is 12.4. The van der Waals surface area contributed by atoms with Crippen LogP contribution in [0.4, 0.5) is 0 Å². The summed E-state index contributed by atoms with van der Waals surface area (Å²) in [7, 11) is 0. The number of nitrogens with one attached hydrogen (secondary N) is 3. The number of hydrazine groups is 1. The monoisotopic (exact) mass is 247 g/mol. The smallest absolute Gasteiger partial charge is 0.251 e. The molecule has 2 aliphatic heterocycles. The molecule has 96 valence electrons. The molecule has 0 atom stereocenters. The highest BCUT2D eigenvalue weighted by atomic mass is 16.5. The summed E-state index contributed by atoms with van der Waals surface area (Å²) in [5.41, 5.74) is 9.15. The Morgan fingerprint density at radius 2 is 2.06 bits per heavy atom. The fourth-order valence-corrected chi connectivity index (χ4v) is 2.30. The Bertz CT molecular complexity index is 456. The molecule has 1 saturated heterocycles. The summed E-state index contributed by atoms with van der Waals surface area (Å²) in [6.07, 6.45) is 0. The molecule has 1 amide bonds. The van der Waals surface area contributed by atoms with E-state index in [-0.39, 0.29) is 5.91 Å². The minimum absolute atomic E-state index is 0.00315. The summed E-state index contributed by atoms with van der Waals surface area (Å²) in [6.45, 7) is 3.78. The Morgan fingerprint density at radius 1 is 1.28 bits per heavy atom. The lowest BCUT2D eigenvalue weighted by molar-refractivity contribution is 0.0948. The highest BCUT2D eigenvalue weighted by Crippen LogP contribution is 2.20. The Balaban J connectivity index is 1.61. The van der Waals surface area contributed by atoms with Crippen molar-refractivity contribution in [2.75, 3.05) is 19.6 Å². The molecule has 1 aromatic rings. The fourth-order valence-electron chi connectivity index (χ4n) is 2.30. The van der Waals surface area contributed by atoms with Crippen LogP contribution in [0.1, 0.15) is 21.5 Å². The van der Waals surface area contributed by atoms with Crippen LogP contribution >= 0.6 is 0 Å². The SMILES string of the molecule is O=C(NCC1CNNC1)c1ccc2c(c1)COC2. The molecule has 2 heterocycles. The second-order valence-electron chi connectivity index (χ2n) is 4.81. The molecule has 0 unspecified atom stereocenters. The minimum Gasteiger partial charge on any atom is -0.372 e. The van der Waals surface area contributed by atoms with Crippen molar-refractivity contribution in [3.05, 3.63) is 34.9 Å². The van der Waals surface area contributed by atoms with Gasteiger partial charge in [-0.3, -0.25) is 15.6 Å². The van der Waals surface area contributed by atoms with Crippen molar-refractivity contribution in [1.29, 1.82) is 0 Å². The average molecular weight is 247 g/mol. The van der Waals surface area contributed by atoms with Crippen molar-refractivity contribution in [1.82, 2.24) is 16.2 Å². The molecular formula is C13H17N3O2. The Kier molecular flexibility index (Phi) is 3.27. The number of hydrogen-bond acceptors (Lipinski definition) is 4. The second-order valence-corrected chi connectivity index (χ2v) is 4.81. The van der Waals surface area contributed by atoms with Crippen molar-refractivity contribution < 1.29 is 9.53 Å². The van der Waals surface area contributed by atoms with E-state index in [1.54, 1.807) is 0 Å². The average Bonchev–Trinajstić information content (AvgIpc) is 3.05. The van der Waals surface area contributed by atoms with Crippen LogP contribution < -0.4 is 16.2 Å². The van der Waals surface area contributed by atoms with Crippen molar-refractivity contribution >= 4 is 5.91 Å². The molecule has 1 fully saturated rings. The van der Waals surface area contributed by atoms with E-state index >= 15 is 0 Å². The first-order valence-electron chi connectivity index (χ1n) is 6.26. The zero-order valence-electron chi connectivity index (χ0n) is 10.2. The number of carbonyl (C=O) groups excluding carboxylic acids is 1. The maximum absolute atomic E-state index is 12.0. The van der Waals surface area contributed by atoms with Gasteiger partial charge in [0.1, 0.15) is 0 Å². The predicted molar refractivity (Wildman–Crippen MR) is 66.8 cm³/mol. The topological polar surface area (TPSA) is 62.4 Å². The van der Waals surface area contributed by atoms with Crippen molar-refractivity contribution in [2.24, 2.45) is 5.92 Å². The van der Waals surface area contributed by atoms with Gasteiger partial charge in [0.2, 0.25) is 0 Å². The van der Waals surface area contributed by atoms with E-state index in [0.29, 0.717) is 25.7 Å². The largest absolute Gasteiger partial charge is 0.372 e. The molecule has 5 heteroatoms. The molecule has 3 rings (SSSR count). The Morgan fingerprint density at radius 3 is 2.89 bits per heavy atom. The van der Waals surface area contributed by atoms with Crippen LogP contribution in [0.3, 0.4) is 0 Å². The molecular weight excluding hydrogens is 230 g/mol. The first-order chi connectivity index (χ1) is 8.83. The number of ether oxygens (including phenoxy) is 1. The molecule has 0 aliphatic carbocycles. The number of hydrogen-bond donors (Lipinski definition) is 3. The van der Waals surface area contributed by atoms with E-state index in [1.165, 1.54) is 5.56 Å². The van der Waals surface area contributed by atoms with Crippen LogP contribution in [-0.4, -0.2) is 25.5 Å². The summed E-state index contributed by atoms with van der Waals surface area (Å²) < 4.78 is 5.34. The lowest BCUT2D eigenvalue weighted by atomic mass is 10.1. The molecule has 0 spiro atoms. The molecule has 0 bridgehead atoms. The van der Waals surface area contributed by atoms with Crippen molar-refractivity contribution in [2.45, 2.75) is 13.2 Å². The Labute approximate surface area is 106 Å². The summed E-state index contributed by atoms with van der Waals surface area (Å²) in [5.74, 6) is 0.461. The summed E-state index contributed by atoms with van der Waals surface area (Å²) in [4.78, 5) is 12.0. The number of amides is 1. The molecule has 2 aliphatic rings. The van der Waals surface area contributed by atoms with Crippen LogP contribution in [0.2, 0.25) is 0 Å². The van der Waals surface area contributed by atoms with E-state index in [1.807, 2.05) is 18.2 Å². The van der Waals surface area contributed by atoms with Crippen molar-refractivity contribution in [3.8, 4) is 0 Å². The third-order valence-electron chi connectivity index (χ3n) is 3.44. The summed E-state index contributed by atoms with van der Waals surface area (Å²) in [5, 5.41) is 2.97. The maximum atomic E-state index is 12.0. The molecule has 3 N–H and O–H groups in total. The number of fused-ring (bicyclic) bond motifs is 1. The number of rotatable bonds is 3. The second kappa shape index (κ2) is 5.06. The van der Waals surface area contributed by atoms with Gasteiger partial charge in [0.25, 0.3) is 5.91 Å². The lowest BCUT2D eigenvalue weighted by Crippen LogP contribution is -2.31. The van der Waals surface area contributed by atoms with Crippen LogP contribution in [-0.2, 0) is 18.0 Å². The first kappa shape index (κ1) is 11.6. The van der Waals surface area contributed by atoms with E-state index in [0.717, 1.165) is 24.2 Å². The van der Waals surface area contributed by atoms with E-state index in [2.05, 4.69) is 16.2 Å². The minimum atomic E-state index is -0.00315. The van der Waals surface area contributed by atoms with Gasteiger partial charge >= 0.3 is 0 Å².